The highest BCUT2D eigenvalue weighted by atomic mass is 16.6. The SMILES string of the molecule is Cc1cccnc1NC(=O)NC(C)c1ccc2c(c1)OCCO2. The number of aryl methyl sites for hydroxylation is 1. The van der Waals surface area contributed by atoms with Crippen molar-refractivity contribution in [1.29, 1.82) is 0 Å². The van der Waals surface area contributed by atoms with E-state index in [0.29, 0.717) is 24.8 Å². The number of rotatable bonds is 3. The molecule has 2 N–H and O–H groups in total. The average molecular weight is 313 g/mol. The van der Waals surface area contributed by atoms with E-state index in [2.05, 4.69) is 15.6 Å². The largest absolute Gasteiger partial charge is 0.486 e. The highest BCUT2D eigenvalue weighted by molar-refractivity contribution is 5.89. The van der Waals surface area contributed by atoms with Crippen LogP contribution in [0.4, 0.5) is 10.6 Å². The van der Waals surface area contributed by atoms with E-state index in [1.54, 1.807) is 6.20 Å². The molecule has 6 heteroatoms. The third kappa shape index (κ3) is 3.53. The molecule has 0 fully saturated rings. The van der Waals surface area contributed by atoms with Crippen LogP contribution in [-0.2, 0) is 0 Å². The molecule has 1 unspecified atom stereocenters. The molecule has 2 heterocycles. The number of nitrogens with one attached hydrogen (secondary N) is 2. The predicted octanol–water partition coefficient (Wildman–Crippen LogP) is 3.04. The summed E-state index contributed by atoms with van der Waals surface area (Å²) in [5, 5.41) is 5.65. The van der Waals surface area contributed by atoms with Crippen molar-refractivity contribution in [2.75, 3.05) is 18.5 Å². The molecule has 0 spiro atoms. The second-order valence-electron chi connectivity index (χ2n) is 5.39. The molecule has 2 aromatic rings. The van der Waals surface area contributed by atoms with Gasteiger partial charge in [0.2, 0.25) is 0 Å². The molecule has 0 saturated heterocycles. The Labute approximate surface area is 134 Å². The van der Waals surface area contributed by atoms with Crippen LogP contribution >= 0.6 is 0 Å². The fourth-order valence-electron chi connectivity index (χ4n) is 2.37. The first kappa shape index (κ1) is 15.1. The fourth-order valence-corrected chi connectivity index (χ4v) is 2.37. The zero-order valence-corrected chi connectivity index (χ0v) is 13.1. The Morgan fingerprint density at radius 2 is 2.00 bits per heavy atom. The Morgan fingerprint density at radius 3 is 2.78 bits per heavy atom. The molecule has 1 aliphatic rings. The van der Waals surface area contributed by atoms with Crippen molar-refractivity contribution in [2.24, 2.45) is 0 Å². The standard InChI is InChI=1S/C17H19N3O3/c1-11-4-3-7-18-16(11)20-17(21)19-12(2)13-5-6-14-15(10-13)23-9-8-22-14/h3-7,10,12H,8-9H2,1-2H3,(H2,18,19,20,21). The van der Waals surface area contributed by atoms with E-state index < -0.39 is 0 Å². The molecule has 1 aromatic heterocycles. The summed E-state index contributed by atoms with van der Waals surface area (Å²) in [7, 11) is 0. The number of urea groups is 1. The molecule has 120 valence electrons. The number of aromatic nitrogens is 1. The molecule has 2 amide bonds. The Kier molecular flexibility index (Phi) is 4.32. The number of carbonyl (C=O) groups excluding carboxylic acids is 1. The van der Waals surface area contributed by atoms with Crippen molar-refractivity contribution in [2.45, 2.75) is 19.9 Å². The molecule has 0 saturated carbocycles. The molecule has 0 aliphatic carbocycles. The fraction of sp³-hybridized carbons (Fsp3) is 0.294. The first-order valence-electron chi connectivity index (χ1n) is 7.52. The van der Waals surface area contributed by atoms with Crippen molar-refractivity contribution in [3.63, 3.8) is 0 Å². The molecule has 3 rings (SSSR count). The minimum absolute atomic E-state index is 0.171. The number of amides is 2. The van der Waals surface area contributed by atoms with Gasteiger partial charge in [-0.15, -0.1) is 0 Å². The monoisotopic (exact) mass is 313 g/mol. The van der Waals surface area contributed by atoms with Crippen LogP contribution < -0.4 is 20.1 Å². The number of fused-ring (bicyclic) bond motifs is 1. The summed E-state index contributed by atoms with van der Waals surface area (Å²) >= 11 is 0. The van der Waals surface area contributed by atoms with E-state index in [0.717, 1.165) is 16.9 Å². The molecular weight excluding hydrogens is 294 g/mol. The summed E-state index contributed by atoms with van der Waals surface area (Å²) in [5.74, 6) is 2.00. The highest BCUT2D eigenvalue weighted by Crippen LogP contribution is 2.32. The molecule has 0 bridgehead atoms. The molecule has 1 atom stereocenters. The van der Waals surface area contributed by atoms with Gasteiger partial charge in [-0.1, -0.05) is 12.1 Å². The van der Waals surface area contributed by atoms with Crippen LogP contribution in [0.2, 0.25) is 0 Å². The lowest BCUT2D eigenvalue weighted by atomic mass is 10.1. The third-order valence-electron chi connectivity index (χ3n) is 3.66. The van der Waals surface area contributed by atoms with Gasteiger partial charge in [0.15, 0.2) is 11.5 Å². The van der Waals surface area contributed by atoms with Gasteiger partial charge in [0.1, 0.15) is 19.0 Å². The van der Waals surface area contributed by atoms with Crippen molar-refractivity contribution in [3.8, 4) is 11.5 Å². The molecule has 1 aliphatic heterocycles. The number of carbonyl (C=O) groups is 1. The van der Waals surface area contributed by atoms with Crippen molar-refractivity contribution in [1.82, 2.24) is 10.3 Å². The summed E-state index contributed by atoms with van der Waals surface area (Å²) in [5.41, 5.74) is 1.86. The van der Waals surface area contributed by atoms with Crippen LogP contribution in [-0.4, -0.2) is 24.2 Å². The minimum atomic E-state index is -0.297. The third-order valence-corrected chi connectivity index (χ3v) is 3.66. The van der Waals surface area contributed by atoms with E-state index in [1.165, 1.54) is 0 Å². The molecule has 6 nitrogen and oxygen atoms in total. The summed E-state index contributed by atoms with van der Waals surface area (Å²) in [4.78, 5) is 16.3. The van der Waals surface area contributed by atoms with E-state index in [4.69, 9.17) is 9.47 Å². The van der Waals surface area contributed by atoms with E-state index in [9.17, 15) is 4.79 Å². The summed E-state index contributed by atoms with van der Waals surface area (Å²) in [6.45, 7) is 4.91. The maximum atomic E-state index is 12.1. The van der Waals surface area contributed by atoms with E-state index in [1.807, 2.05) is 44.2 Å². The number of ether oxygens (including phenoxy) is 2. The zero-order chi connectivity index (χ0) is 16.2. The van der Waals surface area contributed by atoms with Crippen LogP contribution in [0.1, 0.15) is 24.1 Å². The second-order valence-corrected chi connectivity index (χ2v) is 5.39. The average Bonchev–Trinajstić information content (AvgIpc) is 2.56. The topological polar surface area (TPSA) is 72.5 Å². The minimum Gasteiger partial charge on any atom is -0.486 e. The Bertz CT molecular complexity index is 718. The predicted molar refractivity (Wildman–Crippen MR) is 87.0 cm³/mol. The quantitative estimate of drug-likeness (QED) is 0.913. The first-order valence-corrected chi connectivity index (χ1v) is 7.52. The lowest BCUT2D eigenvalue weighted by Crippen LogP contribution is -2.31. The lowest BCUT2D eigenvalue weighted by Gasteiger charge is -2.21. The van der Waals surface area contributed by atoms with Gasteiger partial charge in [-0.2, -0.15) is 0 Å². The number of pyridine rings is 1. The Balaban J connectivity index is 1.65. The van der Waals surface area contributed by atoms with Gasteiger partial charge in [-0.3, -0.25) is 5.32 Å². The Hall–Kier alpha value is -2.76. The van der Waals surface area contributed by atoms with Gasteiger partial charge in [0, 0.05) is 6.20 Å². The van der Waals surface area contributed by atoms with Crippen LogP contribution in [0.25, 0.3) is 0 Å². The molecule has 1 aromatic carbocycles. The number of hydrogen-bond acceptors (Lipinski definition) is 4. The smallest absolute Gasteiger partial charge is 0.320 e. The van der Waals surface area contributed by atoms with Gasteiger partial charge in [0.05, 0.1) is 6.04 Å². The van der Waals surface area contributed by atoms with Gasteiger partial charge in [-0.25, -0.2) is 9.78 Å². The highest BCUT2D eigenvalue weighted by Gasteiger charge is 2.16. The summed E-state index contributed by atoms with van der Waals surface area (Å²) in [6.07, 6.45) is 1.65. The number of nitrogens with zero attached hydrogens (tertiary/aromatic N) is 1. The summed E-state index contributed by atoms with van der Waals surface area (Å²) in [6, 6.07) is 8.94. The van der Waals surface area contributed by atoms with Gasteiger partial charge in [0.25, 0.3) is 0 Å². The van der Waals surface area contributed by atoms with Crippen LogP contribution in [0, 0.1) is 6.92 Å². The van der Waals surface area contributed by atoms with Crippen molar-refractivity contribution < 1.29 is 14.3 Å². The van der Waals surface area contributed by atoms with Crippen LogP contribution in [0.15, 0.2) is 36.5 Å². The number of anilines is 1. The van der Waals surface area contributed by atoms with Crippen LogP contribution in [0.5, 0.6) is 11.5 Å². The zero-order valence-electron chi connectivity index (χ0n) is 13.1. The van der Waals surface area contributed by atoms with Crippen molar-refractivity contribution in [3.05, 3.63) is 47.7 Å². The second kappa shape index (κ2) is 6.56. The number of hydrogen-bond donors (Lipinski definition) is 2. The molecule has 0 radical (unpaired) electrons. The van der Waals surface area contributed by atoms with Gasteiger partial charge in [-0.05, 0) is 43.2 Å². The molecule has 23 heavy (non-hydrogen) atoms. The van der Waals surface area contributed by atoms with Crippen molar-refractivity contribution >= 4 is 11.8 Å². The maximum Gasteiger partial charge on any atom is 0.320 e. The van der Waals surface area contributed by atoms with E-state index >= 15 is 0 Å². The Morgan fingerprint density at radius 1 is 1.22 bits per heavy atom. The van der Waals surface area contributed by atoms with Crippen LogP contribution in [0.3, 0.4) is 0 Å². The molecular formula is C17H19N3O3. The normalized spacial score (nSPS) is 14.0. The lowest BCUT2D eigenvalue weighted by molar-refractivity contribution is 0.171. The van der Waals surface area contributed by atoms with E-state index in [-0.39, 0.29) is 12.1 Å². The first-order chi connectivity index (χ1) is 11.1. The number of benzene rings is 1. The maximum absolute atomic E-state index is 12.1. The van der Waals surface area contributed by atoms with Gasteiger partial charge >= 0.3 is 6.03 Å². The van der Waals surface area contributed by atoms with Gasteiger partial charge < -0.3 is 14.8 Å². The summed E-state index contributed by atoms with van der Waals surface area (Å²) < 4.78 is 11.1.